The Kier molecular flexibility index (Phi) is 5.48. The third-order valence-corrected chi connectivity index (χ3v) is 5.92. The predicted octanol–water partition coefficient (Wildman–Crippen LogP) is 1.21. The van der Waals surface area contributed by atoms with E-state index >= 15 is 0 Å². The quantitative estimate of drug-likeness (QED) is 0.416. The summed E-state index contributed by atoms with van der Waals surface area (Å²) in [7, 11) is -1.33. The molecule has 1 unspecified atom stereocenters. The lowest BCUT2D eigenvalue weighted by molar-refractivity contribution is -0.149. The van der Waals surface area contributed by atoms with Gasteiger partial charge in [-0.05, 0) is 42.6 Å². The number of fused-ring (bicyclic) bond motifs is 1. The number of carbonyl (C=O) groups is 1. The summed E-state index contributed by atoms with van der Waals surface area (Å²) < 4.78 is 0. The maximum absolute atomic E-state index is 11.8. The maximum Gasteiger partial charge on any atom is 0.451 e. The first-order valence-corrected chi connectivity index (χ1v) is 9.09. The average molecular weight is 346 g/mol. The van der Waals surface area contributed by atoms with E-state index in [1.165, 1.54) is 11.1 Å². The number of nitrogens with zero attached hydrogens (tertiary/aromatic N) is 1. The van der Waals surface area contributed by atoms with Gasteiger partial charge < -0.3 is 20.9 Å². The number of carboxylic acid groups (broad SMARTS) is 1. The second-order valence-corrected chi connectivity index (χ2v) is 7.57. The van der Waals surface area contributed by atoms with Crippen LogP contribution in [0.4, 0.5) is 0 Å². The van der Waals surface area contributed by atoms with Gasteiger partial charge in [0.25, 0.3) is 0 Å². The van der Waals surface area contributed by atoms with E-state index in [2.05, 4.69) is 29.2 Å². The summed E-state index contributed by atoms with van der Waals surface area (Å²) >= 11 is 0. The van der Waals surface area contributed by atoms with E-state index in [1.807, 2.05) is 0 Å². The van der Waals surface area contributed by atoms with Crippen LogP contribution in [0.15, 0.2) is 24.3 Å². The standard InChI is InChI=1S/C18H27BN2O4/c20-18(17(22)23,7-3-4-8-19(24)25)15-9-16(10-15)21-11-13-5-1-2-6-14(13)12-21/h1-2,5-6,15-16,24-25H,3-4,7-12,20H2,(H,22,23)/t15-,16-,18?. The van der Waals surface area contributed by atoms with Gasteiger partial charge in [0.2, 0.25) is 0 Å². The number of carboxylic acids is 1. The highest BCUT2D eigenvalue weighted by molar-refractivity contribution is 6.40. The molecule has 1 heterocycles. The summed E-state index contributed by atoms with van der Waals surface area (Å²) in [6.07, 6.45) is 3.44. The minimum absolute atomic E-state index is 0.0160. The molecule has 1 aliphatic carbocycles. The topological polar surface area (TPSA) is 107 Å². The molecule has 136 valence electrons. The Morgan fingerprint density at radius 1 is 1.20 bits per heavy atom. The summed E-state index contributed by atoms with van der Waals surface area (Å²) in [4.78, 5) is 14.2. The normalized spacial score (nSPS) is 25.1. The zero-order valence-corrected chi connectivity index (χ0v) is 14.5. The number of nitrogens with two attached hydrogens (primary N) is 1. The largest absolute Gasteiger partial charge is 0.480 e. The lowest BCUT2D eigenvalue weighted by Gasteiger charge is -2.48. The Morgan fingerprint density at radius 2 is 1.80 bits per heavy atom. The van der Waals surface area contributed by atoms with Crippen molar-refractivity contribution < 1.29 is 19.9 Å². The molecule has 0 amide bonds. The van der Waals surface area contributed by atoms with Gasteiger partial charge in [0.05, 0.1) is 0 Å². The number of aliphatic carboxylic acids is 1. The zero-order valence-electron chi connectivity index (χ0n) is 14.5. The van der Waals surface area contributed by atoms with Gasteiger partial charge in [-0.15, -0.1) is 0 Å². The molecule has 1 fully saturated rings. The smallest absolute Gasteiger partial charge is 0.451 e. The van der Waals surface area contributed by atoms with Crippen molar-refractivity contribution in [1.82, 2.24) is 4.90 Å². The van der Waals surface area contributed by atoms with Gasteiger partial charge in [-0.25, -0.2) is 0 Å². The van der Waals surface area contributed by atoms with Crippen molar-refractivity contribution in [3.63, 3.8) is 0 Å². The van der Waals surface area contributed by atoms with E-state index in [4.69, 9.17) is 15.8 Å². The minimum Gasteiger partial charge on any atom is -0.480 e. The molecule has 1 aromatic carbocycles. The Morgan fingerprint density at radius 3 is 2.32 bits per heavy atom. The average Bonchev–Trinajstić information content (AvgIpc) is 2.93. The molecule has 0 saturated heterocycles. The van der Waals surface area contributed by atoms with Crippen LogP contribution in [0.3, 0.4) is 0 Å². The van der Waals surface area contributed by atoms with E-state index in [0.29, 0.717) is 25.3 Å². The van der Waals surface area contributed by atoms with Crippen molar-refractivity contribution in [2.45, 2.75) is 63.1 Å². The fourth-order valence-corrected chi connectivity index (χ4v) is 4.15. The molecule has 3 rings (SSSR count). The molecular weight excluding hydrogens is 319 g/mol. The van der Waals surface area contributed by atoms with Crippen LogP contribution in [0, 0.1) is 5.92 Å². The molecule has 0 bridgehead atoms. The molecule has 1 aromatic rings. The maximum atomic E-state index is 11.8. The number of unbranched alkanes of at least 4 members (excludes halogenated alkanes) is 1. The van der Waals surface area contributed by atoms with E-state index in [0.717, 1.165) is 25.9 Å². The van der Waals surface area contributed by atoms with Gasteiger partial charge in [0, 0.05) is 19.1 Å². The monoisotopic (exact) mass is 346 g/mol. The van der Waals surface area contributed by atoms with Crippen molar-refractivity contribution in [1.29, 1.82) is 0 Å². The highest BCUT2D eigenvalue weighted by atomic mass is 16.4. The zero-order chi connectivity index (χ0) is 18.0. The summed E-state index contributed by atoms with van der Waals surface area (Å²) in [6.45, 7) is 1.87. The number of benzene rings is 1. The molecule has 2 aliphatic rings. The van der Waals surface area contributed by atoms with Crippen molar-refractivity contribution >= 4 is 13.1 Å². The van der Waals surface area contributed by atoms with E-state index < -0.39 is 18.6 Å². The number of hydrogen-bond donors (Lipinski definition) is 4. The van der Waals surface area contributed by atoms with Crippen LogP contribution in [0.5, 0.6) is 0 Å². The third-order valence-electron chi connectivity index (χ3n) is 5.92. The van der Waals surface area contributed by atoms with E-state index in [1.54, 1.807) is 0 Å². The van der Waals surface area contributed by atoms with E-state index in [-0.39, 0.29) is 12.2 Å². The van der Waals surface area contributed by atoms with Crippen molar-refractivity contribution in [2.75, 3.05) is 0 Å². The lowest BCUT2D eigenvalue weighted by Crippen LogP contribution is -2.61. The lowest BCUT2D eigenvalue weighted by atomic mass is 9.65. The number of hydrogen-bond acceptors (Lipinski definition) is 5. The molecule has 5 N–H and O–H groups in total. The Bertz CT molecular complexity index is 596. The van der Waals surface area contributed by atoms with Crippen LogP contribution in [-0.4, -0.2) is 44.7 Å². The third kappa shape index (κ3) is 3.90. The van der Waals surface area contributed by atoms with E-state index in [9.17, 15) is 9.90 Å². The molecule has 6 nitrogen and oxygen atoms in total. The Hall–Kier alpha value is -1.41. The van der Waals surface area contributed by atoms with Gasteiger partial charge in [-0.2, -0.15) is 0 Å². The number of rotatable bonds is 8. The SMILES string of the molecule is NC(CCCCB(O)O)(C(=O)O)[C@H]1C[C@H](N2Cc3ccccc3C2)C1. The highest BCUT2D eigenvalue weighted by Crippen LogP contribution is 2.43. The van der Waals surface area contributed by atoms with Crippen LogP contribution >= 0.6 is 0 Å². The molecule has 1 aliphatic heterocycles. The first-order chi connectivity index (χ1) is 11.9. The summed E-state index contributed by atoms with van der Waals surface area (Å²) in [5.41, 5.74) is 7.79. The second kappa shape index (κ2) is 7.46. The highest BCUT2D eigenvalue weighted by Gasteiger charge is 2.49. The van der Waals surface area contributed by atoms with Crippen LogP contribution in [0.2, 0.25) is 6.32 Å². The van der Waals surface area contributed by atoms with Gasteiger partial charge in [0.1, 0.15) is 5.54 Å². The Balaban J connectivity index is 1.51. The molecule has 0 aromatic heterocycles. The van der Waals surface area contributed by atoms with Gasteiger partial charge in [-0.3, -0.25) is 9.69 Å². The van der Waals surface area contributed by atoms with Crippen LogP contribution < -0.4 is 5.73 Å². The fraction of sp³-hybridized carbons (Fsp3) is 0.611. The van der Waals surface area contributed by atoms with Gasteiger partial charge in [0.15, 0.2) is 0 Å². The van der Waals surface area contributed by atoms with Gasteiger partial charge in [-0.1, -0.05) is 37.1 Å². The van der Waals surface area contributed by atoms with Crippen molar-refractivity contribution in [3.8, 4) is 0 Å². The summed E-state index contributed by atoms with van der Waals surface area (Å²) in [5, 5.41) is 27.4. The summed E-state index contributed by atoms with van der Waals surface area (Å²) in [6, 6.07) is 8.84. The van der Waals surface area contributed by atoms with Crippen molar-refractivity contribution in [3.05, 3.63) is 35.4 Å². The molecule has 1 atom stereocenters. The fourth-order valence-electron chi connectivity index (χ4n) is 4.15. The minimum atomic E-state index is -1.33. The van der Waals surface area contributed by atoms with Crippen LogP contribution in [0.1, 0.15) is 43.2 Å². The van der Waals surface area contributed by atoms with Crippen molar-refractivity contribution in [2.24, 2.45) is 11.7 Å². The predicted molar refractivity (Wildman–Crippen MR) is 95.6 cm³/mol. The van der Waals surface area contributed by atoms with Crippen LogP contribution in [0.25, 0.3) is 0 Å². The second-order valence-electron chi connectivity index (χ2n) is 7.57. The van der Waals surface area contributed by atoms with Gasteiger partial charge >= 0.3 is 13.1 Å². The summed E-state index contributed by atoms with van der Waals surface area (Å²) in [5.74, 6) is -0.956. The first kappa shape index (κ1) is 18.4. The van der Waals surface area contributed by atoms with Crippen LogP contribution in [-0.2, 0) is 17.9 Å². The molecule has 7 heteroatoms. The molecule has 0 spiro atoms. The Labute approximate surface area is 148 Å². The molecular formula is C18H27BN2O4. The molecule has 25 heavy (non-hydrogen) atoms. The molecule has 0 radical (unpaired) electrons. The molecule has 1 saturated carbocycles. The first-order valence-electron chi connectivity index (χ1n) is 9.09.